The van der Waals surface area contributed by atoms with Crippen LogP contribution in [0.2, 0.25) is 0 Å². The van der Waals surface area contributed by atoms with Gasteiger partial charge in [0.15, 0.2) is 0 Å². The van der Waals surface area contributed by atoms with Crippen molar-refractivity contribution < 1.29 is 13.9 Å². The lowest BCUT2D eigenvalue weighted by Crippen LogP contribution is -2.27. The number of H-pyrrole nitrogens is 1. The highest BCUT2D eigenvalue weighted by Gasteiger charge is 2.22. The third kappa shape index (κ3) is 4.04. The van der Waals surface area contributed by atoms with Gasteiger partial charge in [-0.15, -0.1) is 0 Å². The monoisotopic (exact) mass is 360 g/mol. The summed E-state index contributed by atoms with van der Waals surface area (Å²) >= 11 is 0. The van der Waals surface area contributed by atoms with E-state index in [4.69, 9.17) is 10.5 Å². The zero-order valence-corrected chi connectivity index (χ0v) is 15.1. The fourth-order valence-corrected chi connectivity index (χ4v) is 3.32. The van der Waals surface area contributed by atoms with Crippen LogP contribution < -0.4 is 10.5 Å². The highest BCUT2D eigenvalue weighted by atomic mass is 19.1. The third-order valence-corrected chi connectivity index (χ3v) is 4.67. The summed E-state index contributed by atoms with van der Waals surface area (Å²) in [6, 6.07) is 3.94. The molecule has 0 saturated heterocycles. The molecule has 0 unspecified atom stereocenters. The number of hydrogen-bond donors (Lipinski definition) is 2. The van der Waals surface area contributed by atoms with E-state index in [1.807, 2.05) is 0 Å². The first-order chi connectivity index (χ1) is 12.6. The number of aromatic amines is 1. The summed E-state index contributed by atoms with van der Waals surface area (Å²) in [6.45, 7) is 0.959. The van der Waals surface area contributed by atoms with Gasteiger partial charge in [-0.25, -0.2) is 4.39 Å². The SMILES string of the molecule is CN(Cc1n[nH]c2c1CCCCC2)C(=O)c1cc(F)ccc1OCCN. The molecule has 3 N–H and O–H groups in total. The molecule has 2 aromatic rings. The summed E-state index contributed by atoms with van der Waals surface area (Å²) in [4.78, 5) is 14.4. The van der Waals surface area contributed by atoms with E-state index in [1.54, 1.807) is 11.9 Å². The number of fused-ring (bicyclic) bond motifs is 1. The minimum atomic E-state index is -0.476. The minimum Gasteiger partial charge on any atom is -0.491 e. The maximum atomic E-state index is 13.7. The van der Waals surface area contributed by atoms with Crippen molar-refractivity contribution in [2.75, 3.05) is 20.2 Å². The molecule has 1 amide bonds. The van der Waals surface area contributed by atoms with E-state index in [-0.39, 0.29) is 18.1 Å². The number of carbonyl (C=O) groups is 1. The van der Waals surface area contributed by atoms with E-state index >= 15 is 0 Å². The van der Waals surface area contributed by atoms with E-state index in [2.05, 4.69) is 10.2 Å². The Morgan fingerprint density at radius 2 is 2.15 bits per heavy atom. The Morgan fingerprint density at radius 1 is 1.35 bits per heavy atom. The first kappa shape index (κ1) is 18.4. The normalized spacial score (nSPS) is 13.8. The number of hydrogen-bond acceptors (Lipinski definition) is 4. The van der Waals surface area contributed by atoms with Gasteiger partial charge in [0.05, 0.1) is 17.8 Å². The molecule has 3 rings (SSSR count). The number of nitrogens with one attached hydrogen (secondary N) is 1. The summed E-state index contributed by atoms with van der Waals surface area (Å²) in [5.74, 6) is -0.438. The van der Waals surface area contributed by atoms with Gasteiger partial charge >= 0.3 is 0 Å². The first-order valence-electron chi connectivity index (χ1n) is 9.03. The fourth-order valence-electron chi connectivity index (χ4n) is 3.32. The number of nitrogens with two attached hydrogens (primary N) is 1. The number of aromatic nitrogens is 2. The molecule has 0 saturated carbocycles. The van der Waals surface area contributed by atoms with E-state index in [0.717, 1.165) is 31.4 Å². The second-order valence-corrected chi connectivity index (χ2v) is 6.63. The topological polar surface area (TPSA) is 84.2 Å². The van der Waals surface area contributed by atoms with Gasteiger partial charge in [-0.05, 0) is 49.4 Å². The summed E-state index contributed by atoms with van der Waals surface area (Å²) in [5.41, 5.74) is 8.94. The predicted molar refractivity (Wildman–Crippen MR) is 96.6 cm³/mol. The fraction of sp³-hybridized carbons (Fsp3) is 0.474. The Balaban J connectivity index is 1.78. The van der Waals surface area contributed by atoms with Crippen LogP contribution in [0.25, 0.3) is 0 Å². The number of carbonyl (C=O) groups excluding carboxylic acids is 1. The van der Waals surface area contributed by atoms with E-state index in [0.29, 0.717) is 18.8 Å². The van der Waals surface area contributed by atoms with Crippen LogP contribution in [-0.2, 0) is 19.4 Å². The lowest BCUT2D eigenvalue weighted by molar-refractivity contribution is 0.0778. The Morgan fingerprint density at radius 3 is 2.96 bits per heavy atom. The molecule has 1 aromatic carbocycles. The molecule has 1 aromatic heterocycles. The van der Waals surface area contributed by atoms with Crippen LogP contribution in [-0.4, -0.2) is 41.2 Å². The van der Waals surface area contributed by atoms with Gasteiger partial charge in [0.2, 0.25) is 0 Å². The average Bonchev–Trinajstić information content (AvgIpc) is 2.86. The number of halogens is 1. The van der Waals surface area contributed by atoms with Gasteiger partial charge in [0, 0.05) is 19.3 Å². The van der Waals surface area contributed by atoms with Crippen LogP contribution in [0.1, 0.15) is 46.6 Å². The van der Waals surface area contributed by atoms with Crippen molar-refractivity contribution in [3.8, 4) is 5.75 Å². The lowest BCUT2D eigenvalue weighted by Gasteiger charge is -2.19. The summed E-state index contributed by atoms with van der Waals surface area (Å²) in [6.07, 6.45) is 5.49. The van der Waals surface area contributed by atoms with Crippen molar-refractivity contribution in [2.24, 2.45) is 5.73 Å². The van der Waals surface area contributed by atoms with Gasteiger partial charge in [0.1, 0.15) is 18.2 Å². The van der Waals surface area contributed by atoms with Crippen molar-refractivity contribution in [1.29, 1.82) is 0 Å². The third-order valence-electron chi connectivity index (χ3n) is 4.67. The standard InChI is InChI=1S/C19H25FN4O2/c1-24(12-17-14-5-3-2-4-6-16(14)22-23-17)19(25)15-11-13(20)7-8-18(15)26-10-9-21/h7-8,11H,2-6,9-10,12,21H2,1H3,(H,22,23). The summed E-state index contributed by atoms with van der Waals surface area (Å²) in [5, 5.41) is 7.52. The molecule has 1 aliphatic carbocycles. The van der Waals surface area contributed by atoms with Crippen molar-refractivity contribution in [3.63, 3.8) is 0 Å². The molecule has 0 radical (unpaired) electrons. The quantitative estimate of drug-likeness (QED) is 0.775. The molecule has 0 spiro atoms. The van der Waals surface area contributed by atoms with E-state index < -0.39 is 5.82 Å². The number of benzene rings is 1. The molecule has 140 valence electrons. The Hall–Kier alpha value is -2.41. The summed E-state index contributed by atoms with van der Waals surface area (Å²) in [7, 11) is 1.69. The largest absolute Gasteiger partial charge is 0.491 e. The van der Waals surface area contributed by atoms with Crippen LogP contribution in [0.3, 0.4) is 0 Å². The van der Waals surface area contributed by atoms with Crippen LogP contribution in [0.4, 0.5) is 4.39 Å². The Bertz CT molecular complexity index is 775. The first-order valence-corrected chi connectivity index (χ1v) is 9.03. The van der Waals surface area contributed by atoms with Crippen molar-refractivity contribution in [1.82, 2.24) is 15.1 Å². The van der Waals surface area contributed by atoms with Crippen LogP contribution in [0.5, 0.6) is 5.75 Å². The van der Waals surface area contributed by atoms with Gasteiger partial charge < -0.3 is 15.4 Å². The Labute approximate surface area is 152 Å². The zero-order valence-electron chi connectivity index (χ0n) is 15.1. The van der Waals surface area contributed by atoms with Crippen molar-refractivity contribution in [3.05, 3.63) is 46.5 Å². The summed E-state index contributed by atoms with van der Waals surface area (Å²) < 4.78 is 19.2. The average molecular weight is 360 g/mol. The molecule has 0 atom stereocenters. The maximum absolute atomic E-state index is 13.7. The van der Waals surface area contributed by atoms with Crippen molar-refractivity contribution >= 4 is 5.91 Å². The maximum Gasteiger partial charge on any atom is 0.257 e. The van der Waals surface area contributed by atoms with E-state index in [1.165, 1.54) is 35.9 Å². The van der Waals surface area contributed by atoms with Crippen molar-refractivity contribution in [2.45, 2.75) is 38.6 Å². The molecule has 0 bridgehead atoms. The number of nitrogens with zero attached hydrogens (tertiary/aromatic N) is 2. The second-order valence-electron chi connectivity index (χ2n) is 6.63. The smallest absolute Gasteiger partial charge is 0.257 e. The molecule has 0 aliphatic heterocycles. The highest BCUT2D eigenvalue weighted by molar-refractivity contribution is 5.96. The second kappa shape index (κ2) is 8.31. The highest BCUT2D eigenvalue weighted by Crippen LogP contribution is 2.25. The van der Waals surface area contributed by atoms with E-state index in [9.17, 15) is 9.18 Å². The molecule has 1 aliphatic rings. The number of rotatable bonds is 6. The molecular formula is C19H25FN4O2. The molecule has 0 fully saturated rings. The molecule has 1 heterocycles. The number of ether oxygens (including phenoxy) is 1. The number of amides is 1. The molecule has 6 nitrogen and oxygen atoms in total. The Kier molecular flexibility index (Phi) is 5.88. The van der Waals surface area contributed by atoms with Gasteiger partial charge in [0.25, 0.3) is 5.91 Å². The molecule has 26 heavy (non-hydrogen) atoms. The minimum absolute atomic E-state index is 0.197. The molecular weight excluding hydrogens is 335 g/mol. The van der Waals surface area contributed by atoms with Gasteiger partial charge in [-0.1, -0.05) is 6.42 Å². The lowest BCUT2D eigenvalue weighted by atomic mass is 10.1. The van der Waals surface area contributed by atoms with Gasteiger partial charge in [-0.3, -0.25) is 9.89 Å². The van der Waals surface area contributed by atoms with Crippen LogP contribution in [0.15, 0.2) is 18.2 Å². The van der Waals surface area contributed by atoms with Gasteiger partial charge in [-0.2, -0.15) is 5.10 Å². The van der Waals surface area contributed by atoms with Crippen LogP contribution >= 0.6 is 0 Å². The predicted octanol–water partition coefficient (Wildman–Crippen LogP) is 2.43. The zero-order chi connectivity index (χ0) is 18.5. The van der Waals surface area contributed by atoms with Crippen LogP contribution in [0, 0.1) is 5.82 Å². The number of aryl methyl sites for hydroxylation is 1. The molecule has 7 heteroatoms.